The van der Waals surface area contributed by atoms with Gasteiger partial charge in [-0.05, 0) is 6.07 Å². The Kier molecular flexibility index (Phi) is 3.52. The van der Waals surface area contributed by atoms with E-state index in [1.807, 2.05) is 18.2 Å². The average Bonchev–Trinajstić information content (AvgIpc) is 2.23. The second kappa shape index (κ2) is 4.66. The van der Waals surface area contributed by atoms with Gasteiger partial charge in [0, 0.05) is 18.2 Å². The second-order valence-corrected chi connectivity index (χ2v) is 2.93. The minimum absolute atomic E-state index is 0. The highest BCUT2D eigenvalue weighted by atomic mass is 35.5. The summed E-state index contributed by atoms with van der Waals surface area (Å²) in [5.74, 6) is -0.220. The van der Waals surface area contributed by atoms with Gasteiger partial charge in [0.15, 0.2) is 18.1 Å². The predicted octanol–water partition coefficient (Wildman–Crippen LogP) is -1.62. The van der Waals surface area contributed by atoms with Crippen LogP contribution in [0, 0.1) is 0 Å². The van der Waals surface area contributed by atoms with Gasteiger partial charge in [-0.15, -0.1) is 0 Å². The number of aromatic nitrogens is 1. The highest BCUT2D eigenvalue weighted by Crippen LogP contribution is 2.27. The number of benzene rings is 1. The Bertz CT molecular complexity index is 446. The predicted molar refractivity (Wildman–Crippen MR) is 51.3 cm³/mol. The standard InChI is InChI=1S/C11H9NO2.ClH/c13-10-6-4-5-9(11(10)14)12-7-2-1-3-8-12;/h1-8H,(H-,13,14);1H. The van der Waals surface area contributed by atoms with Crippen LogP contribution in [0.4, 0.5) is 0 Å². The SMILES string of the molecule is Oc1cccc(-[n+]2ccccc2)c1O.[Cl-]. The summed E-state index contributed by atoms with van der Waals surface area (Å²) in [6, 6.07) is 10.4. The second-order valence-electron chi connectivity index (χ2n) is 2.93. The topological polar surface area (TPSA) is 44.3 Å². The molecule has 2 aromatic rings. The molecule has 0 unspecified atom stereocenters. The van der Waals surface area contributed by atoms with E-state index in [2.05, 4.69) is 0 Å². The summed E-state index contributed by atoms with van der Waals surface area (Å²) in [4.78, 5) is 0. The molecule has 0 spiro atoms. The molecular weight excluding hydrogens is 214 g/mol. The summed E-state index contributed by atoms with van der Waals surface area (Å²) in [5, 5.41) is 18.9. The molecular formula is C11H10ClNO2. The summed E-state index contributed by atoms with van der Waals surface area (Å²) in [7, 11) is 0. The van der Waals surface area contributed by atoms with Gasteiger partial charge in [-0.25, -0.2) is 0 Å². The smallest absolute Gasteiger partial charge is 0.256 e. The van der Waals surface area contributed by atoms with Crippen molar-refractivity contribution in [2.24, 2.45) is 0 Å². The normalized spacial score (nSPS) is 9.33. The third-order valence-electron chi connectivity index (χ3n) is 1.99. The number of para-hydroxylation sites is 1. The van der Waals surface area contributed by atoms with Crippen molar-refractivity contribution in [3.05, 3.63) is 48.8 Å². The van der Waals surface area contributed by atoms with E-state index in [0.29, 0.717) is 5.69 Å². The molecule has 2 rings (SSSR count). The van der Waals surface area contributed by atoms with Crippen molar-refractivity contribution < 1.29 is 27.2 Å². The van der Waals surface area contributed by atoms with Crippen molar-refractivity contribution in [1.82, 2.24) is 0 Å². The van der Waals surface area contributed by atoms with Crippen molar-refractivity contribution in [2.75, 3.05) is 0 Å². The van der Waals surface area contributed by atoms with Crippen LogP contribution in [0.1, 0.15) is 0 Å². The number of pyridine rings is 1. The Morgan fingerprint density at radius 2 is 1.53 bits per heavy atom. The van der Waals surface area contributed by atoms with Crippen LogP contribution in [0.2, 0.25) is 0 Å². The van der Waals surface area contributed by atoms with Crippen LogP contribution in [0.25, 0.3) is 5.69 Å². The molecule has 0 fully saturated rings. The lowest BCUT2D eigenvalue weighted by Crippen LogP contribution is -3.00. The van der Waals surface area contributed by atoms with Gasteiger partial charge in [-0.2, -0.15) is 4.57 Å². The van der Waals surface area contributed by atoms with Crippen LogP contribution in [-0.4, -0.2) is 10.2 Å². The molecule has 0 aliphatic heterocycles. The first-order valence-corrected chi connectivity index (χ1v) is 4.26. The van der Waals surface area contributed by atoms with E-state index < -0.39 is 0 Å². The van der Waals surface area contributed by atoms with Gasteiger partial charge in [0.1, 0.15) is 0 Å². The third kappa shape index (κ3) is 2.19. The zero-order chi connectivity index (χ0) is 9.97. The molecule has 3 nitrogen and oxygen atoms in total. The summed E-state index contributed by atoms with van der Waals surface area (Å²) in [6.07, 6.45) is 3.60. The average molecular weight is 224 g/mol. The first-order valence-electron chi connectivity index (χ1n) is 4.26. The highest BCUT2D eigenvalue weighted by molar-refractivity contribution is 5.48. The number of hydrogen-bond acceptors (Lipinski definition) is 2. The maximum atomic E-state index is 9.58. The Balaban J connectivity index is 0.00000112. The summed E-state index contributed by atoms with van der Waals surface area (Å²) >= 11 is 0. The fourth-order valence-electron chi connectivity index (χ4n) is 1.29. The minimum atomic E-state index is -0.112. The van der Waals surface area contributed by atoms with E-state index >= 15 is 0 Å². The number of rotatable bonds is 1. The largest absolute Gasteiger partial charge is 1.00 e. The van der Waals surface area contributed by atoms with E-state index in [1.54, 1.807) is 29.1 Å². The van der Waals surface area contributed by atoms with Gasteiger partial charge >= 0.3 is 0 Å². The number of halogens is 1. The van der Waals surface area contributed by atoms with Crippen molar-refractivity contribution in [3.63, 3.8) is 0 Å². The van der Waals surface area contributed by atoms with Crippen LogP contribution in [0.5, 0.6) is 11.5 Å². The quantitative estimate of drug-likeness (QED) is 0.451. The number of hydrogen-bond donors (Lipinski definition) is 2. The Morgan fingerprint density at radius 3 is 2.20 bits per heavy atom. The molecule has 0 saturated heterocycles. The van der Waals surface area contributed by atoms with Gasteiger partial charge in [0.25, 0.3) is 5.69 Å². The fourth-order valence-corrected chi connectivity index (χ4v) is 1.29. The van der Waals surface area contributed by atoms with Gasteiger partial charge in [-0.1, -0.05) is 12.1 Å². The zero-order valence-corrected chi connectivity index (χ0v) is 8.59. The molecule has 1 aromatic carbocycles. The molecule has 0 saturated carbocycles. The fraction of sp³-hybridized carbons (Fsp3) is 0. The molecule has 0 amide bonds. The Hall–Kier alpha value is -1.74. The number of phenolic OH excluding ortho intramolecular Hbond substituents is 2. The van der Waals surface area contributed by atoms with E-state index in [4.69, 9.17) is 0 Å². The summed E-state index contributed by atoms with van der Waals surface area (Å²) in [6.45, 7) is 0. The van der Waals surface area contributed by atoms with Crippen LogP contribution in [-0.2, 0) is 0 Å². The first kappa shape index (κ1) is 11.3. The van der Waals surface area contributed by atoms with Crippen molar-refractivity contribution in [2.45, 2.75) is 0 Å². The third-order valence-corrected chi connectivity index (χ3v) is 1.99. The van der Waals surface area contributed by atoms with Crippen LogP contribution in [0.15, 0.2) is 48.8 Å². The van der Waals surface area contributed by atoms with Crippen LogP contribution in [0.3, 0.4) is 0 Å². The molecule has 0 atom stereocenters. The molecule has 0 radical (unpaired) electrons. The lowest BCUT2D eigenvalue weighted by atomic mass is 10.2. The zero-order valence-electron chi connectivity index (χ0n) is 7.84. The van der Waals surface area contributed by atoms with E-state index in [1.165, 1.54) is 6.07 Å². The van der Waals surface area contributed by atoms with E-state index in [9.17, 15) is 10.2 Å². The van der Waals surface area contributed by atoms with Crippen molar-refractivity contribution in [1.29, 1.82) is 0 Å². The molecule has 0 bridgehead atoms. The van der Waals surface area contributed by atoms with Crippen molar-refractivity contribution in [3.8, 4) is 17.2 Å². The monoisotopic (exact) mass is 223 g/mol. The molecule has 0 aliphatic rings. The Morgan fingerprint density at radius 1 is 0.867 bits per heavy atom. The first-order chi connectivity index (χ1) is 6.79. The van der Waals surface area contributed by atoms with Crippen molar-refractivity contribution >= 4 is 0 Å². The number of nitrogens with zero attached hydrogens (tertiary/aromatic N) is 1. The molecule has 78 valence electrons. The molecule has 1 aromatic heterocycles. The number of aromatic hydroxyl groups is 2. The lowest BCUT2D eigenvalue weighted by molar-refractivity contribution is -0.596. The van der Waals surface area contributed by atoms with Gasteiger partial charge in [0.2, 0.25) is 5.75 Å². The number of phenols is 2. The van der Waals surface area contributed by atoms with Gasteiger partial charge in [-0.3, -0.25) is 0 Å². The molecule has 1 heterocycles. The van der Waals surface area contributed by atoms with Crippen LogP contribution < -0.4 is 17.0 Å². The summed E-state index contributed by atoms with van der Waals surface area (Å²) < 4.78 is 1.73. The van der Waals surface area contributed by atoms with E-state index in [-0.39, 0.29) is 23.9 Å². The highest BCUT2D eigenvalue weighted by Gasteiger charge is 2.13. The lowest BCUT2D eigenvalue weighted by Gasteiger charge is -1.99. The summed E-state index contributed by atoms with van der Waals surface area (Å²) in [5.41, 5.74) is 0.561. The maximum absolute atomic E-state index is 9.58. The van der Waals surface area contributed by atoms with Gasteiger partial charge < -0.3 is 22.6 Å². The minimum Gasteiger partial charge on any atom is -1.00 e. The van der Waals surface area contributed by atoms with Gasteiger partial charge in [0.05, 0.1) is 0 Å². The maximum Gasteiger partial charge on any atom is 0.256 e. The molecule has 15 heavy (non-hydrogen) atoms. The van der Waals surface area contributed by atoms with Crippen LogP contribution >= 0.6 is 0 Å². The Labute approximate surface area is 93.7 Å². The molecule has 2 N–H and O–H groups in total. The molecule has 0 aliphatic carbocycles. The van der Waals surface area contributed by atoms with E-state index in [0.717, 1.165) is 0 Å². The molecule has 4 heteroatoms.